The summed E-state index contributed by atoms with van der Waals surface area (Å²) in [4.78, 5) is 12.8. The molecule has 0 unspecified atom stereocenters. The number of amides is 1. The molecule has 0 heterocycles. The topological polar surface area (TPSA) is 88.1 Å². The van der Waals surface area contributed by atoms with E-state index in [-0.39, 0.29) is 18.0 Å². The molecule has 0 aliphatic carbocycles. The highest BCUT2D eigenvalue weighted by molar-refractivity contribution is 7.89. The van der Waals surface area contributed by atoms with Gasteiger partial charge in [0, 0.05) is 6.54 Å². The van der Waals surface area contributed by atoms with Gasteiger partial charge in [-0.25, -0.2) is 13.8 Å². The van der Waals surface area contributed by atoms with E-state index in [1.807, 2.05) is 79.7 Å². The van der Waals surface area contributed by atoms with E-state index in [1.165, 1.54) is 18.3 Å². The molecular formula is C29H27N3O4S. The Morgan fingerprint density at radius 3 is 2.22 bits per heavy atom. The van der Waals surface area contributed by atoms with Crippen LogP contribution < -0.4 is 10.2 Å². The number of benzene rings is 4. The van der Waals surface area contributed by atoms with Crippen LogP contribution in [0.1, 0.15) is 16.7 Å². The number of hydrogen-bond acceptors (Lipinski definition) is 5. The minimum absolute atomic E-state index is 0.0491. The van der Waals surface area contributed by atoms with E-state index in [0.717, 1.165) is 15.4 Å². The third-order valence-electron chi connectivity index (χ3n) is 5.42. The lowest BCUT2D eigenvalue weighted by Crippen LogP contribution is -2.39. The molecule has 1 N–H and O–H groups in total. The third-order valence-corrected chi connectivity index (χ3v) is 7.23. The molecule has 0 aromatic heterocycles. The van der Waals surface area contributed by atoms with Crippen molar-refractivity contribution < 1.29 is 17.9 Å². The van der Waals surface area contributed by atoms with E-state index in [1.54, 1.807) is 24.3 Å². The lowest BCUT2D eigenvalue weighted by molar-refractivity contribution is -0.121. The molecule has 4 rings (SSSR count). The van der Waals surface area contributed by atoms with Gasteiger partial charge < -0.3 is 4.74 Å². The van der Waals surface area contributed by atoms with Gasteiger partial charge in [-0.05, 0) is 54.4 Å². The highest BCUT2D eigenvalue weighted by Crippen LogP contribution is 2.21. The molecule has 0 radical (unpaired) electrons. The number of hydrogen-bond donors (Lipinski definition) is 1. The minimum atomic E-state index is -3.91. The van der Waals surface area contributed by atoms with Crippen LogP contribution in [0.25, 0.3) is 0 Å². The van der Waals surface area contributed by atoms with E-state index in [0.29, 0.717) is 17.1 Å². The molecule has 0 spiro atoms. The second-order valence-corrected chi connectivity index (χ2v) is 10.3. The summed E-state index contributed by atoms with van der Waals surface area (Å²) in [6.07, 6.45) is 1.48. The Morgan fingerprint density at radius 2 is 1.51 bits per heavy atom. The van der Waals surface area contributed by atoms with Crippen molar-refractivity contribution in [1.82, 2.24) is 9.73 Å². The molecule has 0 saturated heterocycles. The zero-order valence-corrected chi connectivity index (χ0v) is 21.1. The number of aryl methyl sites for hydroxylation is 1. The number of nitrogens with one attached hydrogen (secondary N) is 1. The van der Waals surface area contributed by atoms with Gasteiger partial charge >= 0.3 is 0 Å². The van der Waals surface area contributed by atoms with Crippen molar-refractivity contribution in [2.45, 2.75) is 18.4 Å². The predicted octanol–water partition coefficient (Wildman–Crippen LogP) is 5.13. The molecule has 4 aromatic carbocycles. The summed E-state index contributed by atoms with van der Waals surface area (Å²) >= 11 is 0. The SMILES string of the molecule is Cc1ccc(CN(CC(=O)N/N=C\c2cccc(Oc3ccccc3)c2)S(=O)(=O)c2ccccc2)cc1. The van der Waals surface area contributed by atoms with Gasteiger partial charge in [-0.2, -0.15) is 9.41 Å². The molecule has 1 amide bonds. The van der Waals surface area contributed by atoms with E-state index < -0.39 is 15.9 Å². The molecule has 0 bridgehead atoms. The largest absolute Gasteiger partial charge is 0.457 e. The fourth-order valence-electron chi connectivity index (χ4n) is 3.52. The molecule has 4 aromatic rings. The number of ether oxygens (including phenoxy) is 1. The maximum atomic E-state index is 13.3. The Labute approximate surface area is 217 Å². The first kappa shape index (κ1) is 25.8. The second-order valence-electron chi connectivity index (χ2n) is 8.35. The predicted molar refractivity (Wildman–Crippen MR) is 144 cm³/mol. The van der Waals surface area contributed by atoms with E-state index in [4.69, 9.17) is 4.74 Å². The highest BCUT2D eigenvalue weighted by Gasteiger charge is 2.26. The molecule has 0 aliphatic rings. The van der Waals surface area contributed by atoms with Gasteiger partial charge in [0.05, 0.1) is 17.7 Å². The molecule has 0 atom stereocenters. The van der Waals surface area contributed by atoms with Crippen LogP contribution in [0, 0.1) is 6.92 Å². The maximum Gasteiger partial charge on any atom is 0.255 e. The van der Waals surface area contributed by atoms with Gasteiger partial charge in [-0.15, -0.1) is 0 Å². The van der Waals surface area contributed by atoms with Crippen LogP contribution in [0.15, 0.2) is 119 Å². The van der Waals surface area contributed by atoms with Gasteiger partial charge in [0.15, 0.2) is 0 Å². The van der Waals surface area contributed by atoms with Crippen molar-refractivity contribution in [3.63, 3.8) is 0 Å². The molecule has 0 fully saturated rings. The average molecular weight is 514 g/mol. The highest BCUT2D eigenvalue weighted by atomic mass is 32.2. The summed E-state index contributed by atoms with van der Waals surface area (Å²) in [5.41, 5.74) is 4.98. The zero-order chi connectivity index (χ0) is 26.1. The normalized spacial score (nSPS) is 11.5. The lowest BCUT2D eigenvalue weighted by atomic mass is 10.1. The Bertz CT molecular complexity index is 1460. The van der Waals surface area contributed by atoms with Gasteiger partial charge in [0.2, 0.25) is 10.0 Å². The van der Waals surface area contributed by atoms with Crippen LogP contribution in [0.3, 0.4) is 0 Å². The minimum Gasteiger partial charge on any atom is -0.457 e. The molecule has 0 saturated carbocycles. The number of para-hydroxylation sites is 1. The number of nitrogens with zero attached hydrogens (tertiary/aromatic N) is 2. The van der Waals surface area contributed by atoms with Crippen LogP contribution in [0.4, 0.5) is 0 Å². The first-order chi connectivity index (χ1) is 17.9. The first-order valence-corrected chi connectivity index (χ1v) is 13.1. The monoisotopic (exact) mass is 513 g/mol. The second kappa shape index (κ2) is 12.1. The van der Waals surface area contributed by atoms with E-state index in [2.05, 4.69) is 10.5 Å². The Morgan fingerprint density at radius 1 is 0.865 bits per heavy atom. The van der Waals surface area contributed by atoms with Gasteiger partial charge in [-0.3, -0.25) is 4.79 Å². The van der Waals surface area contributed by atoms with E-state index >= 15 is 0 Å². The van der Waals surface area contributed by atoms with E-state index in [9.17, 15) is 13.2 Å². The summed E-state index contributed by atoms with van der Waals surface area (Å²) in [5.74, 6) is 0.775. The van der Waals surface area contributed by atoms with Crippen LogP contribution in [0.2, 0.25) is 0 Å². The van der Waals surface area contributed by atoms with Crippen molar-refractivity contribution in [3.05, 3.63) is 126 Å². The quantitative estimate of drug-likeness (QED) is 0.235. The molecule has 37 heavy (non-hydrogen) atoms. The number of sulfonamides is 1. The maximum absolute atomic E-state index is 13.3. The number of carbonyl (C=O) groups excluding carboxylic acids is 1. The van der Waals surface area contributed by atoms with Crippen molar-refractivity contribution in [1.29, 1.82) is 0 Å². The summed E-state index contributed by atoms with van der Waals surface area (Å²) in [6, 6.07) is 32.2. The smallest absolute Gasteiger partial charge is 0.255 e. The molecule has 8 heteroatoms. The van der Waals surface area contributed by atoms with Crippen molar-refractivity contribution in [2.75, 3.05) is 6.54 Å². The number of carbonyl (C=O) groups is 1. The molecule has 0 aliphatic heterocycles. The van der Waals surface area contributed by atoms with Crippen molar-refractivity contribution in [2.24, 2.45) is 5.10 Å². The average Bonchev–Trinajstić information content (AvgIpc) is 2.91. The Kier molecular flexibility index (Phi) is 8.45. The third kappa shape index (κ3) is 7.36. The zero-order valence-electron chi connectivity index (χ0n) is 20.3. The fraction of sp³-hybridized carbons (Fsp3) is 0.103. The van der Waals surface area contributed by atoms with Crippen molar-refractivity contribution in [3.8, 4) is 11.5 Å². The van der Waals surface area contributed by atoms with Crippen LogP contribution >= 0.6 is 0 Å². The van der Waals surface area contributed by atoms with Gasteiger partial charge in [0.1, 0.15) is 11.5 Å². The number of rotatable bonds is 10. The van der Waals surface area contributed by atoms with Gasteiger partial charge in [0.25, 0.3) is 5.91 Å². The molecular weight excluding hydrogens is 486 g/mol. The number of hydrazone groups is 1. The lowest BCUT2D eigenvalue weighted by Gasteiger charge is -2.21. The van der Waals surface area contributed by atoms with Crippen LogP contribution in [0.5, 0.6) is 11.5 Å². The summed E-state index contributed by atoms with van der Waals surface area (Å²) < 4.78 is 33.6. The Balaban J connectivity index is 1.44. The summed E-state index contributed by atoms with van der Waals surface area (Å²) in [5, 5.41) is 4.01. The molecule has 7 nitrogen and oxygen atoms in total. The van der Waals surface area contributed by atoms with Gasteiger partial charge in [-0.1, -0.05) is 78.4 Å². The fourth-order valence-corrected chi connectivity index (χ4v) is 4.93. The Hall–Kier alpha value is -4.27. The van der Waals surface area contributed by atoms with Crippen molar-refractivity contribution >= 4 is 22.1 Å². The standard InChI is InChI=1S/C29H27N3O4S/c1-23-15-17-24(18-16-23)21-32(37(34,35)28-13-6-3-7-14-28)22-29(33)31-30-20-25-9-8-12-27(19-25)36-26-10-4-2-5-11-26/h2-20H,21-22H2,1H3,(H,31,33)/b30-20-. The first-order valence-electron chi connectivity index (χ1n) is 11.7. The molecule has 188 valence electrons. The summed E-state index contributed by atoms with van der Waals surface area (Å²) in [6.45, 7) is 1.62. The van der Waals surface area contributed by atoms with Crippen LogP contribution in [-0.4, -0.2) is 31.4 Å². The van der Waals surface area contributed by atoms with Crippen LogP contribution in [-0.2, 0) is 21.4 Å². The summed E-state index contributed by atoms with van der Waals surface area (Å²) in [7, 11) is -3.91.